The minimum absolute atomic E-state index is 0.0112. The summed E-state index contributed by atoms with van der Waals surface area (Å²) in [5.74, 6) is 0.392. The van der Waals surface area contributed by atoms with Crippen LogP contribution in [0, 0.1) is 5.92 Å². The number of aromatic nitrogens is 1. The Morgan fingerprint density at radius 1 is 1.06 bits per heavy atom. The van der Waals surface area contributed by atoms with Gasteiger partial charge in [-0.05, 0) is 56.2 Å². The molecule has 4 atom stereocenters. The highest BCUT2D eigenvalue weighted by Gasteiger charge is 2.45. The maximum absolute atomic E-state index is 13.8. The predicted molar refractivity (Wildman–Crippen MR) is 123 cm³/mol. The molecule has 182 valence electrons. The zero-order valence-electron chi connectivity index (χ0n) is 19.3. The molecule has 9 heteroatoms. The second kappa shape index (κ2) is 8.76. The van der Waals surface area contributed by atoms with E-state index < -0.39 is 17.7 Å². The van der Waals surface area contributed by atoms with Gasteiger partial charge in [0.25, 0.3) is 0 Å². The molecule has 0 saturated carbocycles. The molecule has 0 bridgehead atoms. The first-order valence-electron chi connectivity index (χ1n) is 11.8. The summed E-state index contributed by atoms with van der Waals surface area (Å²) in [7, 11) is 0. The third-order valence-electron chi connectivity index (χ3n) is 7.06. The largest absolute Gasteiger partial charge is 0.416 e. The van der Waals surface area contributed by atoms with Gasteiger partial charge in [0.2, 0.25) is 5.91 Å². The van der Waals surface area contributed by atoms with E-state index in [1.807, 2.05) is 36.9 Å². The Morgan fingerprint density at radius 3 is 2.50 bits per heavy atom. The lowest BCUT2D eigenvalue weighted by molar-refractivity contribution is -0.148. The van der Waals surface area contributed by atoms with Crippen LogP contribution in [0.15, 0.2) is 42.6 Å². The number of anilines is 2. The summed E-state index contributed by atoms with van der Waals surface area (Å²) in [4.78, 5) is 24.4. The number of carbonyl (C=O) groups is 1. The Bertz CT molecular complexity index is 1040. The van der Waals surface area contributed by atoms with E-state index in [9.17, 15) is 18.0 Å². The Morgan fingerprint density at radius 2 is 1.82 bits per heavy atom. The van der Waals surface area contributed by atoms with Crippen molar-refractivity contribution in [3.05, 3.63) is 53.7 Å². The highest BCUT2D eigenvalue weighted by molar-refractivity contribution is 5.82. The van der Waals surface area contributed by atoms with Gasteiger partial charge in [-0.2, -0.15) is 13.2 Å². The lowest BCUT2D eigenvalue weighted by atomic mass is 9.82. The summed E-state index contributed by atoms with van der Waals surface area (Å²) in [6.07, 6.45) is -2.54. The summed E-state index contributed by atoms with van der Waals surface area (Å²) in [6, 6.07) is 9.53. The highest BCUT2D eigenvalue weighted by Crippen LogP contribution is 2.40. The zero-order chi connectivity index (χ0) is 24.0. The number of ether oxygens (including phenoxy) is 1. The van der Waals surface area contributed by atoms with Crippen LogP contribution in [0.5, 0.6) is 0 Å². The first-order chi connectivity index (χ1) is 16.2. The van der Waals surface area contributed by atoms with E-state index in [-0.39, 0.29) is 30.6 Å². The molecule has 1 aromatic carbocycles. The second-order valence-electron chi connectivity index (χ2n) is 9.55. The fraction of sp³-hybridized carbons (Fsp3) is 0.520. The van der Waals surface area contributed by atoms with Crippen LogP contribution < -0.4 is 9.80 Å². The molecule has 2 aromatic rings. The Balaban J connectivity index is 1.49. The topological polar surface area (TPSA) is 48.9 Å². The number of nitrogens with zero attached hydrogens (tertiary/aromatic N) is 4. The summed E-state index contributed by atoms with van der Waals surface area (Å²) in [6.45, 7) is 6.75. The number of pyridine rings is 1. The molecule has 6 nitrogen and oxygen atoms in total. The van der Waals surface area contributed by atoms with Gasteiger partial charge in [-0.15, -0.1) is 0 Å². The van der Waals surface area contributed by atoms with Gasteiger partial charge in [0, 0.05) is 44.6 Å². The first-order valence-corrected chi connectivity index (χ1v) is 11.8. The van der Waals surface area contributed by atoms with Crippen LogP contribution >= 0.6 is 0 Å². The molecule has 2 fully saturated rings. The van der Waals surface area contributed by atoms with Gasteiger partial charge in [-0.3, -0.25) is 4.79 Å². The number of benzene rings is 1. The van der Waals surface area contributed by atoms with Gasteiger partial charge in [-0.25, -0.2) is 4.98 Å². The van der Waals surface area contributed by atoms with E-state index in [4.69, 9.17) is 4.74 Å². The molecule has 0 aliphatic carbocycles. The van der Waals surface area contributed by atoms with Crippen molar-refractivity contribution in [2.24, 2.45) is 5.92 Å². The second-order valence-corrected chi connectivity index (χ2v) is 9.55. The molecule has 1 amide bonds. The van der Waals surface area contributed by atoms with Crippen molar-refractivity contribution in [3.8, 4) is 0 Å². The van der Waals surface area contributed by atoms with Crippen LogP contribution in [-0.2, 0) is 22.1 Å². The fourth-order valence-corrected chi connectivity index (χ4v) is 5.63. The van der Waals surface area contributed by atoms with Gasteiger partial charge in [-0.1, -0.05) is 6.07 Å². The van der Waals surface area contributed by atoms with Gasteiger partial charge < -0.3 is 19.4 Å². The fourth-order valence-electron chi connectivity index (χ4n) is 5.63. The van der Waals surface area contributed by atoms with Crippen LogP contribution in [0.25, 0.3) is 0 Å². The van der Waals surface area contributed by atoms with Crippen molar-refractivity contribution >= 4 is 17.4 Å². The van der Waals surface area contributed by atoms with Crippen molar-refractivity contribution in [3.63, 3.8) is 0 Å². The van der Waals surface area contributed by atoms with Crippen molar-refractivity contribution in [1.82, 2.24) is 9.88 Å². The normalized spacial score (nSPS) is 27.3. The predicted octanol–water partition coefficient (Wildman–Crippen LogP) is 3.60. The molecule has 0 spiro atoms. The third kappa shape index (κ3) is 4.33. The van der Waals surface area contributed by atoms with E-state index in [0.29, 0.717) is 38.3 Å². The number of hydrogen-bond donors (Lipinski definition) is 0. The average molecular weight is 475 g/mol. The molecule has 0 unspecified atom stereocenters. The number of carbonyl (C=O) groups excluding carboxylic acids is 1. The molecular weight excluding hydrogens is 445 g/mol. The van der Waals surface area contributed by atoms with E-state index in [2.05, 4.69) is 14.8 Å². The van der Waals surface area contributed by atoms with E-state index in [1.165, 1.54) is 6.07 Å². The number of hydrogen-bond acceptors (Lipinski definition) is 5. The van der Waals surface area contributed by atoms with Gasteiger partial charge in [0.1, 0.15) is 5.82 Å². The summed E-state index contributed by atoms with van der Waals surface area (Å²) < 4.78 is 46.1. The smallest absolute Gasteiger partial charge is 0.372 e. The molecule has 0 radical (unpaired) electrons. The van der Waals surface area contributed by atoms with E-state index >= 15 is 0 Å². The molecule has 3 aliphatic rings. The van der Waals surface area contributed by atoms with Gasteiger partial charge >= 0.3 is 6.18 Å². The van der Waals surface area contributed by atoms with Gasteiger partial charge in [0.15, 0.2) is 0 Å². The molecule has 1 aromatic heterocycles. The van der Waals surface area contributed by atoms with Crippen molar-refractivity contribution in [1.29, 1.82) is 0 Å². The first kappa shape index (κ1) is 23.0. The quantitative estimate of drug-likeness (QED) is 0.666. The van der Waals surface area contributed by atoms with Gasteiger partial charge in [0.05, 0.1) is 29.7 Å². The SMILES string of the molecule is C[C@@H]1CN(C(=O)[C@@H]2Cc3cc(C(F)(F)F)ccc3N3CCN(c4ccccn4)C[C@H]23)C[C@@H](C)O1. The Hall–Kier alpha value is -2.81. The number of alkyl halides is 3. The number of piperazine rings is 1. The maximum atomic E-state index is 13.8. The minimum atomic E-state index is -4.42. The summed E-state index contributed by atoms with van der Waals surface area (Å²) in [5, 5.41) is 0. The monoisotopic (exact) mass is 474 g/mol. The molecule has 4 heterocycles. The lowest BCUT2D eigenvalue weighted by Gasteiger charge is -2.50. The van der Waals surface area contributed by atoms with E-state index in [1.54, 1.807) is 12.3 Å². The lowest BCUT2D eigenvalue weighted by Crippen LogP contribution is -2.62. The number of halogens is 3. The van der Waals surface area contributed by atoms with Crippen LogP contribution in [0.3, 0.4) is 0 Å². The summed E-state index contributed by atoms with van der Waals surface area (Å²) >= 11 is 0. The molecular formula is C25H29F3N4O2. The van der Waals surface area contributed by atoms with Crippen LogP contribution in [0.1, 0.15) is 25.0 Å². The van der Waals surface area contributed by atoms with Crippen molar-refractivity contribution in [2.75, 3.05) is 42.5 Å². The van der Waals surface area contributed by atoms with Crippen molar-refractivity contribution < 1.29 is 22.7 Å². The Labute approximate surface area is 197 Å². The summed E-state index contributed by atoms with van der Waals surface area (Å²) in [5.41, 5.74) is 0.716. The number of amides is 1. The van der Waals surface area contributed by atoms with Crippen molar-refractivity contribution in [2.45, 2.75) is 44.7 Å². The van der Waals surface area contributed by atoms with E-state index in [0.717, 1.165) is 17.6 Å². The number of rotatable bonds is 2. The van der Waals surface area contributed by atoms with Crippen LogP contribution in [0.2, 0.25) is 0 Å². The molecule has 3 aliphatic heterocycles. The number of morpholine rings is 1. The third-order valence-corrected chi connectivity index (χ3v) is 7.06. The van der Waals surface area contributed by atoms with Crippen LogP contribution in [-0.4, -0.2) is 66.8 Å². The Kier molecular flexibility index (Phi) is 5.91. The minimum Gasteiger partial charge on any atom is -0.372 e. The highest BCUT2D eigenvalue weighted by atomic mass is 19.4. The average Bonchev–Trinajstić information content (AvgIpc) is 2.81. The maximum Gasteiger partial charge on any atom is 0.416 e. The molecule has 2 saturated heterocycles. The zero-order valence-corrected chi connectivity index (χ0v) is 19.3. The number of fused-ring (bicyclic) bond motifs is 3. The standard InChI is InChI=1S/C25H29F3N4O2/c1-16-13-31(14-17(2)34-16)24(33)20-12-18-11-19(25(26,27)28)6-7-21(18)32-10-9-30(15-22(20)32)23-5-3-4-8-29-23/h3-8,11,16-17,20,22H,9-10,12-15H2,1-2H3/t16-,17-,20-,22-/m1/s1. The molecule has 34 heavy (non-hydrogen) atoms. The van der Waals surface area contributed by atoms with Crippen LogP contribution in [0.4, 0.5) is 24.7 Å². The molecule has 5 rings (SSSR count). The molecule has 0 N–H and O–H groups in total.